The first-order chi connectivity index (χ1) is 6.92. The van der Waals surface area contributed by atoms with Crippen LogP contribution in [0.1, 0.15) is 12.0 Å². The van der Waals surface area contributed by atoms with E-state index in [1.165, 1.54) is 4.46 Å². The Labute approximate surface area is 96.6 Å². The number of nitrogens with zero attached hydrogens (tertiary/aromatic N) is 1. The van der Waals surface area contributed by atoms with Crippen LogP contribution in [0.15, 0.2) is 29.3 Å². The standard InChI is InChI=1S/C10H10BrNOSe/c11-14-9-5-2-1-4-8(9)10-12-6-3-7-13-10/h1-2,4-5H,3,6-7H2. The van der Waals surface area contributed by atoms with Crippen LogP contribution in [-0.2, 0) is 4.74 Å². The molecule has 1 aromatic carbocycles. The van der Waals surface area contributed by atoms with Crippen LogP contribution in [0.3, 0.4) is 0 Å². The molecule has 0 aliphatic carbocycles. The minimum absolute atomic E-state index is 0.312. The van der Waals surface area contributed by atoms with Gasteiger partial charge in [-0.25, -0.2) is 0 Å². The zero-order valence-corrected chi connectivity index (χ0v) is 10.9. The summed E-state index contributed by atoms with van der Waals surface area (Å²) in [7, 11) is 0. The van der Waals surface area contributed by atoms with Crippen molar-refractivity contribution in [3.05, 3.63) is 29.8 Å². The molecule has 1 heterocycles. The normalized spacial score (nSPS) is 15.9. The molecule has 0 saturated heterocycles. The summed E-state index contributed by atoms with van der Waals surface area (Å²) in [5, 5.41) is 0. The summed E-state index contributed by atoms with van der Waals surface area (Å²) in [5.41, 5.74) is 1.14. The molecule has 0 spiro atoms. The van der Waals surface area contributed by atoms with Gasteiger partial charge in [0.05, 0.1) is 0 Å². The molecule has 2 rings (SSSR count). The maximum absolute atomic E-state index is 5.55. The van der Waals surface area contributed by atoms with Gasteiger partial charge in [-0.2, -0.15) is 0 Å². The second-order valence-corrected chi connectivity index (χ2v) is 5.89. The van der Waals surface area contributed by atoms with Crippen molar-refractivity contribution in [2.24, 2.45) is 4.99 Å². The Hall–Kier alpha value is -0.311. The number of hydrogen-bond donors (Lipinski definition) is 0. The molecule has 74 valence electrons. The Morgan fingerprint density at radius 1 is 1.36 bits per heavy atom. The molecule has 0 fully saturated rings. The Bertz CT molecular complexity index is 354. The van der Waals surface area contributed by atoms with Crippen molar-refractivity contribution in [3.63, 3.8) is 0 Å². The molecule has 0 atom stereocenters. The number of hydrogen-bond acceptors (Lipinski definition) is 2. The molecule has 0 unspecified atom stereocenters. The molecule has 1 aliphatic heterocycles. The van der Waals surface area contributed by atoms with Crippen LogP contribution in [0.25, 0.3) is 0 Å². The zero-order valence-electron chi connectivity index (χ0n) is 7.57. The second kappa shape index (κ2) is 4.96. The molecule has 0 radical (unpaired) electrons. The number of rotatable bonds is 2. The van der Waals surface area contributed by atoms with Crippen molar-refractivity contribution < 1.29 is 4.74 Å². The quantitative estimate of drug-likeness (QED) is 0.757. The van der Waals surface area contributed by atoms with Gasteiger partial charge in [-0.3, -0.25) is 0 Å². The summed E-state index contributed by atoms with van der Waals surface area (Å²) in [6, 6.07) is 8.26. The minimum atomic E-state index is 0.312. The number of benzene rings is 1. The molecule has 0 bridgehead atoms. The molecule has 0 N–H and O–H groups in total. The molecular weight excluding hydrogens is 309 g/mol. The van der Waals surface area contributed by atoms with Crippen molar-refractivity contribution >= 4 is 37.6 Å². The molecule has 1 aromatic rings. The van der Waals surface area contributed by atoms with E-state index in [0.717, 1.165) is 31.0 Å². The summed E-state index contributed by atoms with van der Waals surface area (Å²) in [6.45, 7) is 1.68. The number of ether oxygens (including phenoxy) is 1. The molecular formula is C10H10BrNOSe. The van der Waals surface area contributed by atoms with Crippen LogP contribution in [0.5, 0.6) is 0 Å². The van der Waals surface area contributed by atoms with Gasteiger partial charge in [-0.05, 0) is 0 Å². The molecule has 4 heteroatoms. The van der Waals surface area contributed by atoms with Gasteiger partial charge in [-0.1, -0.05) is 0 Å². The van der Waals surface area contributed by atoms with E-state index < -0.39 is 0 Å². The fourth-order valence-corrected chi connectivity index (χ4v) is 3.57. The van der Waals surface area contributed by atoms with E-state index in [1.54, 1.807) is 0 Å². The van der Waals surface area contributed by atoms with Crippen LogP contribution in [0, 0.1) is 0 Å². The predicted molar refractivity (Wildman–Crippen MR) is 62.7 cm³/mol. The van der Waals surface area contributed by atoms with Gasteiger partial charge in [-0.15, -0.1) is 0 Å². The van der Waals surface area contributed by atoms with Crippen LogP contribution in [0.4, 0.5) is 0 Å². The topological polar surface area (TPSA) is 21.6 Å². The van der Waals surface area contributed by atoms with E-state index in [2.05, 4.69) is 31.2 Å². The third kappa shape index (κ3) is 2.19. The Morgan fingerprint density at radius 3 is 2.93 bits per heavy atom. The van der Waals surface area contributed by atoms with E-state index in [9.17, 15) is 0 Å². The Kier molecular flexibility index (Phi) is 3.62. The molecule has 14 heavy (non-hydrogen) atoms. The monoisotopic (exact) mass is 319 g/mol. The van der Waals surface area contributed by atoms with E-state index in [4.69, 9.17) is 4.74 Å². The molecule has 2 nitrogen and oxygen atoms in total. The van der Waals surface area contributed by atoms with Crippen molar-refractivity contribution in [3.8, 4) is 0 Å². The van der Waals surface area contributed by atoms with Crippen LogP contribution < -0.4 is 4.46 Å². The van der Waals surface area contributed by atoms with Crippen LogP contribution >= 0.6 is 14.1 Å². The van der Waals surface area contributed by atoms with Gasteiger partial charge in [0.15, 0.2) is 0 Å². The zero-order chi connectivity index (χ0) is 9.80. The summed E-state index contributed by atoms with van der Waals surface area (Å²) in [5.74, 6) is 0.813. The Morgan fingerprint density at radius 2 is 2.21 bits per heavy atom. The third-order valence-electron chi connectivity index (χ3n) is 2.00. The third-order valence-corrected chi connectivity index (χ3v) is 4.91. The van der Waals surface area contributed by atoms with Crippen LogP contribution in [-0.4, -0.2) is 32.2 Å². The summed E-state index contributed by atoms with van der Waals surface area (Å²) in [6.07, 6.45) is 1.03. The fraction of sp³-hybridized carbons (Fsp3) is 0.300. The summed E-state index contributed by atoms with van der Waals surface area (Å²) >= 11 is 3.84. The summed E-state index contributed by atoms with van der Waals surface area (Å²) < 4.78 is 6.84. The first-order valence-electron chi connectivity index (χ1n) is 4.47. The van der Waals surface area contributed by atoms with Gasteiger partial charge in [0.2, 0.25) is 0 Å². The number of aliphatic imine (C=N–C) groups is 1. The van der Waals surface area contributed by atoms with Gasteiger partial charge < -0.3 is 0 Å². The van der Waals surface area contributed by atoms with E-state index in [1.807, 2.05) is 12.1 Å². The first-order valence-corrected chi connectivity index (χ1v) is 9.34. The van der Waals surface area contributed by atoms with Crippen molar-refractivity contribution in [2.45, 2.75) is 6.42 Å². The van der Waals surface area contributed by atoms with Gasteiger partial charge in [0.1, 0.15) is 0 Å². The van der Waals surface area contributed by atoms with Crippen molar-refractivity contribution in [2.75, 3.05) is 13.2 Å². The van der Waals surface area contributed by atoms with Crippen molar-refractivity contribution in [1.82, 2.24) is 0 Å². The molecule has 0 amide bonds. The molecule has 0 saturated carbocycles. The van der Waals surface area contributed by atoms with Gasteiger partial charge in [0, 0.05) is 0 Å². The van der Waals surface area contributed by atoms with Gasteiger partial charge >= 0.3 is 96.7 Å². The molecule has 0 aromatic heterocycles. The van der Waals surface area contributed by atoms with E-state index >= 15 is 0 Å². The first kappa shape index (κ1) is 10.2. The van der Waals surface area contributed by atoms with E-state index in [-0.39, 0.29) is 0 Å². The fourth-order valence-electron chi connectivity index (χ4n) is 1.33. The molecule has 1 aliphatic rings. The Balaban J connectivity index is 2.34. The SMILES string of the molecule is Br[Se]c1ccccc1C1=NCCCO1. The predicted octanol–water partition coefficient (Wildman–Crippen LogP) is 1.49. The second-order valence-electron chi connectivity index (χ2n) is 2.96. The average molecular weight is 319 g/mol. The van der Waals surface area contributed by atoms with Crippen LogP contribution in [0.2, 0.25) is 0 Å². The average Bonchev–Trinajstić information content (AvgIpc) is 2.30. The maximum atomic E-state index is 5.55. The van der Waals surface area contributed by atoms with Gasteiger partial charge in [0.25, 0.3) is 0 Å². The van der Waals surface area contributed by atoms with Crippen molar-refractivity contribution in [1.29, 1.82) is 0 Å². The number of halogens is 1. The summed E-state index contributed by atoms with van der Waals surface area (Å²) in [4.78, 5) is 4.39. The van der Waals surface area contributed by atoms with E-state index in [0.29, 0.717) is 13.1 Å².